The van der Waals surface area contributed by atoms with Crippen LogP contribution in [0.15, 0.2) is 48.7 Å². The molecule has 1 aromatic carbocycles. The van der Waals surface area contributed by atoms with Crippen molar-refractivity contribution in [1.82, 2.24) is 24.7 Å². The van der Waals surface area contributed by atoms with E-state index in [1.165, 1.54) is 0 Å². The number of aryl methyl sites for hydroxylation is 1. The van der Waals surface area contributed by atoms with Gasteiger partial charge in [-0.15, -0.1) is 0 Å². The summed E-state index contributed by atoms with van der Waals surface area (Å²) < 4.78 is 1.99. The molecule has 5 rings (SSSR count). The number of carboxylic acids is 1. The number of carboxylic acid groups (broad SMARTS) is 1. The van der Waals surface area contributed by atoms with Crippen LogP contribution in [0.25, 0.3) is 22.6 Å². The summed E-state index contributed by atoms with van der Waals surface area (Å²) >= 11 is 0. The number of carbonyl (C=O) groups is 1. The van der Waals surface area contributed by atoms with Gasteiger partial charge in [-0.2, -0.15) is 5.10 Å². The Morgan fingerprint density at radius 2 is 1.66 bits per heavy atom. The first-order valence-corrected chi connectivity index (χ1v) is 12.1. The van der Waals surface area contributed by atoms with Gasteiger partial charge in [0.2, 0.25) is 0 Å². The smallest absolute Gasteiger partial charge is 0.335 e. The van der Waals surface area contributed by atoms with Crippen molar-refractivity contribution in [3.8, 4) is 22.6 Å². The van der Waals surface area contributed by atoms with Crippen molar-refractivity contribution in [2.45, 2.75) is 58.9 Å². The van der Waals surface area contributed by atoms with Crippen molar-refractivity contribution in [1.29, 1.82) is 0 Å². The zero-order chi connectivity index (χ0) is 24.7. The number of hydrogen-bond donors (Lipinski definition) is 1. The van der Waals surface area contributed by atoms with Gasteiger partial charge in [-0.1, -0.05) is 45.9 Å². The highest BCUT2D eigenvalue weighted by atomic mass is 16.4. The normalized spacial score (nSPS) is 12.6. The molecule has 1 N–H and O–H groups in total. The quantitative estimate of drug-likeness (QED) is 0.403. The maximum Gasteiger partial charge on any atom is 0.335 e. The molecule has 0 unspecified atom stereocenters. The third kappa shape index (κ3) is 4.22. The van der Waals surface area contributed by atoms with Gasteiger partial charge >= 0.3 is 5.97 Å². The molecular formula is C28H29N5O2. The fourth-order valence-corrected chi connectivity index (χ4v) is 4.72. The molecule has 0 radical (unpaired) electrons. The van der Waals surface area contributed by atoms with Crippen molar-refractivity contribution in [2.75, 3.05) is 0 Å². The predicted molar refractivity (Wildman–Crippen MR) is 135 cm³/mol. The average molecular weight is 468 g/mol. The first kappa shape index (κ1) is 22.9. The van der Waals surface area contributed by atoms with E-state index in [2.05, 4.69) is 32.7 Å². The maximum absolute atomic E-state index is 11.3. The molecule has 0 bridgehead atoms. The van der Waals surface area contributed by atoms with Crippen LogP contribution in [-0.2, 0) is 19.4 Å². The standard InChI is InChI=1S/C28H29N5O2/c1-16(2)23-24(17(3)4)31-26-22(30-23)13-12-21-25(18-8-10-19(11-9-18)28(34)35)32-33(27(21)26)15-20-7-5-6-14-29-20/h5-11,14,16-17H,12-13,15H2,1-4H3,(H,34,35). The zero-order valence-corrected chi connectivity index (χ0v) is 20.5. The summed E-state index contributed by atoms with van der Waals surface area (Å²) in [7, 11) is 0. The highest BCUT2D eigenvalue weighted by Gasteiger charge is 2.30. The number of hydrogen-bond acceptors (Lipinski definition) is 5. The zero-order valence-electron chi connectivity index (χ0n) is 20.5. The number of benzene rings is 1. The van der Waals surface area contributed by atoms with Gasteiger partial charge in [0.25, 0.3) is 0 Å². The number of fused-ring (bicyclic) bond motifs is 3. The lowest BCUT2D eigenvalue weighted by atomic mass is 9.91. The molecule has 0 aliphatic heterocycles. The van der Waals surface area contributed by atoms with Crippen LogP contribution < -0.4 is 0 Å². The minimum absolute atomic E-state index is 0.255. The van der Waals surface area contributed by atoms with Gasteiger partial charge in [0.15, 0.2) is 0 Å². The first-order valence-electron chi connectivity index (χ1n) is 12.1. The average Bonchev–Trinajstić information content (AvgIpc) is 3.22. The van der Waals surface area contributed by atoms with Crippen molar-refractivity contribution in [2.24, 2.45) is 0 Å². The van der Waals surface area contributed by atoms with E-state index in [0.717, 1.165) is 63.8 Å². The molecule has 0 saturated heterocycles. The van der Waals surface area contributed by atoms with Crippen LogP contribution in [-0.4, -0.2) is 35.8 Å². The second kappa shape index (κ2) is 9.06. The van der Waals surface area contributed by atoms with Crippen molar-refractivity contribution in [3.05, 3.63) is 82.6 Å². The maximum atomic E-state index is 11.3. The minimum atomic E-state index is -0.939. The highest BCUT2D eigenvalue weighted by molar-refractivity contribution is 5.88. The van der Waals surface area contributed by atoms with Crippen LogP contribution in [0.3, 0.4) is 0 Å². The van der Waals surface area contributed by atoms with E-state index in [9.17, 15) is 9.90 Å². The predicted octanol–water partition coefficient (Wildman–Crippen LogP) is 5.49. The van der Waals surface area contributed by atoms with Gasteiger partial charge in [-0.3, -0.25) is 14.6 Å². The number of aromatic nitrogens is 5. The molecule has 4 aromatic rings. The molecule has 3 heterocycles. The van der Waals surface area contributed by atoms with Crippen LogP contribution in [0.2, 0.25) is 0 Å². The molecular weight excluding hydrogens is 438 g/mol. The summed E-state index contributed by atoms with van der Waals surface area (Å²) in [6.07, 6.45) is 3.38. The van der Waals surface area contributed by atoms with Crippen molar-refractivity contribution in [3.63, 3.8) is 0 Å². The molecule has 3 aromatic heterocycles. The summed E-state index contributed by atoms with van der Waals surface area (Å²) in [4.78, 5) is 26.2. The van der Waals surface area contributed by atoms with Gasteiger partial charge in [-0.05, 0) is 48.9 Å². The van der Waals surface area contributed by atoms with Gasteiger partial charge in [0, 0.05) is 17.3 Å². The number of pyridine rings is 1. The SMILES string of the molecule is CC(C)c1nc2c(nc1C(C)C)-c1c(c(-c3ccc(C(=O)O)cc3)nn1Cc1ccccn1)CC2. The lowest BCUT2D eigenvalue weighted by Crippen LogP contribution is -2.17. The van der Waals surface area contributed by atoms with Crippen LogP contribution in [0, 0.1) is 0 Å². The number of nitrogens with zero attached hydrogens (tertiary/aromatic N) is 5. The summed E-state index contributed by atoms with van der Waals surface area (Å²) in [6.45, 7) is 9.17. The van der Waals surface area contributed by atoms with Gasteiger partial charge in [-0.25, -0.2) is 9.78 Å². The minimum Gasteiger partial charge on any atom is -0.478 e. The lowest BCUT2D eigenvalue weighted by molar-refractivity contribution is 0.0697. The van der Waals surface area contributed by atoms with E-state index in [0.29, 0.717) is 12.5 Å². The largest absolute Gasteiger partial charge is 0.478 e. The molecule has 0 saturated carbocycles. The van der Waals surface area contributed by atoms with E-state index < -0.39 is 5.97 Å². The van der Waals surface area contributed by atoms with Gasteiger partial charge < -0.3 is 5.11 Å². The summed E-state index contributed by atoms with van der Waals surface area (Å²) in [5, 5.41) is 14.3. The Bertz CT molecular complexity index is 1390. The van der Waals surface area contributed by atoms with Crippen molar-refractivity contribution < 1.29 is 9.90 Å². The van der Waals surface area contributed by atoms with Gasteiger partial charge in [0.1, 0.15) is 5.69 Å². The first-order chi connectivity index (χ1) is 16.8. The Kier molecular flexibility index (Phi) is 5.93. The Hall–Kier alpha value is -3.87. The summed E-state index contributed by atoms with van der Waals surface area (Å²) in [6, 6.07) is 12.8. The van der Waals surface area contributed by atoms with Crippen LogP contribution in [0.5, 0.6) is 0 Å². The van der Waals surface area contributed by atoms with E-state index in [4.69, 9.17) is 15.1 Å². The van der Waals surface area contributed by atoms with Crippen LogP contribution in [0.4, 0.5) is 0 Å². The second-order valence-electron chi connectivity index (χ2n) is 9.64. The summed E-state index contributed by atoms with van der Waals surface area (Å²) in [5.74, 6) is -0.384. The summed E-state index contributed by atoms with van der Waals surface area (Å²) in [5.41, 5.74) is 9.05. The number of aromatic carboxylic acids is 1. The van der Waals surface area contributed by atoms with E-state index in [1.807, 2.05) is 35.0 Å². The Balaban J connectivity index is 1.71. The fraction of sp³-hybridized carbons (Fsp3) is 0.321. The molecule has 0 atom stereocenters. The Labute approximate surface area is 204 Å². The molecule has 1 aliphatic carbocycles. The molecule has 7 nitrogen and oxygen atoms in total. The van der Waals surface area contributed by atoms with Crippen molar-refractivity contribution >= 4 is 5.97 Å². The second-order valence-corrected chi connectivity index (χ2v) is 9.64. The van der Waals surface area contributed by atoms with Crippen LogP contribution >= 0.6 is 0 Å². The molecule has 35 heavy (non-hydrogen) atoms. The monoisotopic (exact) mass is 467 g/mol. The molecule has 1 aliphatic rings. The van der Waals surface area contributed by atoms with E-state index in [1.54, 1.807) is 18.3 Å². The molecule has 0 amide bonds. The van der Waals surface area contributed by atoms with E-state index in [-0.39, 0.29) is 11.5 Å². The topological polar surface area (TPSA) is 93.8 Å². The van der Waals surface area contributed by atoms with Crippen LogP contribution in [0.1, 0.15) is 78.2 Å². The molecule has 0 spiro atoms. The fourth-order valence-electron chi connectivity index (χ4n) is 4.72. The Morgan fingerprint density at radius 3 is 2.29 bits per heavy atom. The number of rotatable bonds is 6. The molecule has 0 fully saturated rings. The third-order valence-corrected chi connectivity index (χ3v) is 6.45. The van der Waals surface area contributed by atoms with Gasteiger partial charge in [0.05, 0.1) is 46.3 Å². The third-order valence-electron chi connectivity index (χ3n) is 6.45. The van der Waals surface area contributed by atoms with E-state index >= 15 is 0 Å². The molecule has 178 valence electrons. The highest BCUT2D eigenvalue weighted by Crippen LogP contribution is 2.39. The Morgan fingerprint density at radius 1 is 0.943 bits per heavy atom. The molecule has 7 heteroatoms. The lowest BCUT2D eigenvalue weighted by Gasteiger charge is -2.22.